The first-order valence-corrected chi connectivity index (χ1v) is 7.39. The minimum absolute atomic E-state index is 0.167. The molecule has 1 N–H and O–H groups in total. The molecule has 2 fully saturated rings. The summed E-state index contributed by atoms with van der Waals surface area (Å²) in [4.78, 5) is 13.9. The van der Waals surface area contributed by atoms with Gasteiger partial charge >= 0.3 is 6.03 Å². The lowest BCUT2D eigenvalue weighted by Crippen LogP contribution is -2.40. The number of urea groups is 1. The number of rotatable bonds is 4. The Labute approximate surface area is 105 Å². The van der Waals surface area contributed by atoms with Crippen molar-refractivity contribution in [1.29, 1.82) is 0 Å². The zero-order chi connectivity index (χ0) is 11.9. The van der Waals surface area contributed by atoms with Crippen LogP contribution in [-0.2, 0) is 0 Å². The van der Waals surface area contributed by atoms with Gasteiger partial charge in [-0.2, -0.15) is 0 Å². The van der Waals surface area contributed by atoms with E-state index in [4.69, 9.17) is 0 Å². The van der Waals surface area contributed by atoms with E-state index in [0.717, 1.165) is 32.0 Å². The summed E-state index contributed by atoms with van der Waals surface area (Å²) in [6.45, 7) is 2.77. The summed E-state index contributed by atoms with van der Waals surface area (Å²) < 4.78 is 0. The fourth-order valence-corrected chi connectivity index (χ4v) is 2.75. The maximum atomic E-state index is 11.9. The lowest BCUT2D eigenvalue weighted by atomic mass is 9.82. The predicted molar refractivity (Wildman–Crippen MR) is 70.0 cm³/mol. The molecule has 1 saturated heterocycles. The van der Waals surface area contributed by atoms with E-state index in [-0.39, 0.29) is 6.03 Å². The molecule has 2 amide bonds. The Morgan fingerprint density at radius 3 is 2.35 bits per heavy atom. The molecule has 0 aromatic carbocycles. The first-order valence-electron chi connectivity index (χ1n) is 7.39. The van der Waals surface area contributed by atoms with E-state index in [0.29, 0.717) is 0 Å². The van der Waals surface area contributed by atoms with Gasteiger partial charge in [-0.1, -0.05) is 32.1 Å². The van der Waals surface area contributed by atoms with Crippen molar-refractivity contribution in [1.82, 2.24) is 10.2 Å². The summed E-state index contributed by atoms with van der Waals surface area (Å²) in [7, 11) is 0. The molecule has 0 atom stereocenters. The Bertz CT molecular complexity index is 230. The van der Waals surface area contributed by atoms with Crippen LogP contribution >= 0.6 is 0 Å². The van der Waals surface area contributed by atoms with Gasteiger partial charge in [0.2, 0.25) is 0 Å². The maximum Gasteiger partial charge on any atom is 0.317 e. The van der Waals surface area contributed by atoms with Crippen LogP contribution in [0.3, 0.4) is 0 Å². The van der Waals surface area contributed by atoms with Crippen LogP contribution in [0.25, 0.3) is 0 Å². The van der Waals surface area contributed by atoms with Gasteiger partial charge in [-0.05, 0) is 31.6 Å². The van der Waals surface area contributed by atoms with Gasteiger partial charge in [-0.3, -0.25) is 0 Å². The number of hydrogen-bond acceptors (Lipinski definition) is 1. The lowest BCUT2D eigenvalue weighted by molar-refractivity contribution is 0.198. The van der Waals surface area contributed by atoms with Crippen molar-refractivity contribution in [2.24, 2.45) is 5.92 Å². The minimum atomic E-state index is 0.167. The van der Waals surface area contributed by atoms with Gasteiger partial charge in [-0.25, -0.2) is 4.79 Å². The van der Waals surface area contributed by atoms with E-state index < -0.39 is 0 Å². The number of carbonyl (C=O) groups is 1. The summed E-state index contributed by atoms with van der Waals surface area (Å²) in [5.74, 6) is 0.963. The highest BCUT2D eigenvalue weighted by molar-refractivity contribution is 5.74. The zero-order valence-electron chi connectivity index (χ0n) is 10.9. The fraction of sp³-hybridized carbons (Fsp3) is 0.929. The van der Waals surface area contributed by atoms with Crippen molar-refractivity contribution in [2.45, 2.75) is 57.8 Å². The highest BCUT2D eigenvalue weighted by atomic mass is 16.2. The number of carbonyl (C=O) groups excluding carboxylic acids is 1. The van der Waals surface area contributed by atoms with E-state index in [1.807, 2.05) is 4.90 Å². The van der Waals surface area contributed by atoms with Gasteiger partial charge < -0.3 is 10.2 Å². The van der Waals surface area contributed by atoms with Crippen LogP contribution in [0.1, 0.15) is 57.8 Å². The van der Waals surface area contributed by atoms with Crippen molar-refractivity contribution in [3.05, 3.63) is 0 Å². The number of nitrogens with zero attached hydrogens (tertiary/aromatic N) is 1. The number of nitrogens with one attached hydrogen (secondary N) is 1. The topological polar surface area (TPSA) is 32.3 Å². The molecule has 0 bridgehead atoms. The molecule has 2 aliphatic rings. The van der Waals surface area contributed by atoms with E-state index in [1.165, 1.54) is 51.4 Å². The molecule has 1 heterocycles. The highest BCUT2D eigenvalue weighted by Crippen LogP contribution is 2.30. The molecule has 0 radical (unpaired) electrons. The first kappa shape index (κ1) is 12.7. The van der Waals surface area contributed by atoms with Crippen LogP contribution in [0.5, 0.6) is 0 Å². The smallest absolute Gasteiger partial charge is 0.317 e. The highest BCUT2D eigenvalue weighted by Gasteiger charge is 2.17. The molecular weight excluding hydrogens is 212 g/mol. The second kappa shape index (κ2) is 6.87. The summed E-state index contributed by atoms with van der Waals surface area (Å²) in [6, 6.07) is 0.167. The molecular formula is C14H26N2O. The largest absolute Gasteiger partial charge is 0.338 e. The van der Waals surface area contributed by atoms with E-state index in [1.54, 1.807) is 0 Å². The number of hydrogen-bond donors (Lipinski definition) is 1. The molecule has 1 saturated carbocycles. The normalized spacial score (nSPS) is 21.8. The summed E-state index contributed by atoms with van der Waals surface area (Å²) in [5.41, 5.74) is 0. The van der Waals surface area contributed by atoms with E-state index in [9.17, 15) is 4.79 Å². The quantitative estimate of drug-likeness (QED) is 0.750. The third-order valence-corrected chi connectivity index (χ3v) is 4.18. The molecule has 0 aromatic rings. The maximum absolute atomic E-state index is 11.9. The molecule has 3 heteroatoms. The van der Waals surface area contributed by atoms with Gasteiger partial charge in [0.05, 0.1) is 0 Å². The molecule has 0 unspecified atom stereocenters. The zero-order valence-corrected chi connectivity index (χ0v) is 10.9. The lowest BCUT2D eigenvalue weighted by Gasteiger charge is -2.25. The summed E-state index contributed by atoms with van der Waals surface area (Å²) >= 11 is 0. The molecule has 3 nitrogen and oxygen atoms in total. The molecule has 1 aliphatic heterocycles. The standard InChI is InChI=1S/C14H26N2O/c17-14(16-11-3-1-2-4-12-16)15-10-6-9-13-7-5-8-13/h13H,1-12H2,(H,15,17). The van der Waals surface area contributed by atoms with Crippen LogP contribution in [0.4, 0.5) is 4.79 Å². The monoisotopic (exact) mass is 238 g/mol. The first-order chi connectivity index (χ1) is 8.36. The average Bonchev–Trinajstić information content (AvgIpc) is 2.54. The van der Waals surface area contributed by atoms with Crippen LogP contribution in [-0.4, -0.2) is 30.6 Å². The van der Waals surface area contributed by atoms with Gasteiger partial charge in [0, 0.05) is 19.6 Å². The number of amides is 2. The van der Waals surface area contributed by atoms with E-state index in [2.05, 4.69) is 5.32 Å². The third-order valence-electron chi connectivity index (χ3n) is 4.18. The predicted octanol–water partition coefficient (Wildman–Crippen LogP) is 3.15. The van der Waals surface area contributed by atoms with Crippen LogP contribution in [0.2, 0.25) is 0 Å². The third kappa shape index (κ3) is 4.21. The van der Waals surface area contributed by atoms with E-state index >= 15 is 0 Å². The molecule has 17 heavy (non-hydrogen) atoms. The Kier molecular flexibility index (Phi) is 5.14. The Hall–Kier alpha value is -0.730. The van der Waals surface area contributed by atoms with Crippen molar-refractivity contribution in [3.8, 4) is 0 Å². The van der Waals surface area contributed by atoms with Crippen molar-refractivity contribution in [2.75, 3.05) is 19.6 Å². The minimum Gasteiger partial charge on any atom is -0.338 e. The van der Waals surface area contributed by atoms with Crippen molar-refractivity contribution in [3.63, 3.8) is 0 Å². The fourth-order valence-electron chi connectivity index (χ4n) is 2.75. The summed E-state index contributed by atoms with van der Waals surface area (Å²) in [5, 5.41) is 3.07. The SMILES string of the molecule is O=C(NCCCC1CCC1)N1CCCCCC1. The second-order valence-corrected chi connectivity index (χ2v) is 5.57. The number of likely N-dealkylation sites (tertiary alicyclic amines) is 1. The molecule has 2 rings (SSSR count). The Balaban J connectivity index is 1.55. The molecule has 0 aromatic heterocycles. The molecule has 0 spiro atoms. The Morgan fingerprint density at radius 1 is 1.06 bits per heavy atom. The van der Waals surface area contributed by atoms with Gasteiger partial charge in [0.25, 0.3) is 0 Å². The second-order valence-electron chi connectivity index (χ2n) is 5.57. The van der Waals surface area contributed by atoms with Gasteiger partial charge in [0.15, 0.2) is 0 Å². The van der Waals surface area contributed by atoms with Crippen molar-refractivity contribution < 1.29 is 4.79 Å². The Morgan fingerprint density at radius 2 is 1.76 bits per heavy atom. The van der Waals surface area contributed by atoms with Gasteiger partial charge in [-0.15, -0.1) is 0 Å². The van der Waals surface area contributed by atoms with Gasteiger partial charge in [0.1, 0.15) is 0 Å². The van der Waals surface area contributed by atoms with Crippen LogP contribution in [0.15, 0.2) is 0 Å². The van der Waals surface area contributed by atoms with Crippen LogP contribution < -0.4 is 5.32 Å². The molecule has 98 valence electrons. The van der Waals surface area contributed by atoms with Crippen molar-refractivity contribution >= 4 is 6.03 Å². The summed E-state index contributed by atoms with van der Waals surface area (Å²) in [6.07, 6.45) is 11.6. The molecule has 1 aliphatic carbocycles. The van der Waals surface area contributed by atoms with Crippen LogP contribution in [0, 0.1) is 5.92 Å². The average molecular weight is 238 g/mol.